The molecule has 2 heterocycles. The summed E-state index contributed by atoms with van der Waals surface area (Å²) in [5.74, 6) is 1.27. The van der Waals surface area contributed by atoms with Crippen molar-refractivity contribution in [2.75, 3.05) is 29.5 Å². The molecular weight excluding hydrogens is 286 g/mol. The quantitative estimate of drug-likeness (QED) is 0.905. The Labute approximate surface area is 124 Å². The summed E-state index contributed by atoms with van der Waals surface area (Å²) < 4.78 is 23.5. The Morgan fingerprint density at radius 1 is 1.19 bits per heavy atom. The summed E-state index contributed by atoms with van der Waals surface area (Å²) in [6.07, 6.45) is 0.640. The third kappa shape index (κ3) is 3.01. The smallest absolute Gasteiger partial charge is 0.152 e. The van der Waals surface area contributed by atoms with Gasteiger partial charge in [-0.25, -0.2) is 13.4 Å². The normalized spacial score (nSPS) is 18.6. The van der Waals surface area contributed by atoms with Crippen LogP contribution in [0.2, 0.25) is 0 Å². The molecule has 0 atom stereocenters. The van der Waals surface area contributed by atoms with Crippen molar-refractivity contribution in [1.29, 1.82) is 0 Å². The van der Waals surface area contributed by atoms with E-state index >= 15 is 0 Å². The summed E-state index contributed by atoms with van der Waals surface area (Å²) >= 11 is 0. The van der Waals surface area contributed by atoms with Gasteiger partial charge in [0.05, 0.1) is 17.0 Å². The van der Waals surface area contributed by atoms with Gasteiger partial charge in [-0.3, -0.25) is 0 Å². The fraction of sp³-hybridized carbons (Fsp3) is 0.400. The topological polar surface area (TPSA) is 76.3 Å². The van der Waals surface area contributed by atoms with Crippen LogP contribution in [0.15, 0.2) is 30.3 Å². The molecule has 1 aliphatic heterocycles. The summed E-state index contributed by atoms with van der Waals surface area (Å²) in [4.78, 5) is 6.76. The van der Waals surface area contributed by atoms with Crippen LogP contribution in [0.3, 0.4) is 0 Å². The molecule has 0 radical (unpaired) electrons. The van der Waals surface area contributed by atoms with Crippen molar-refractivity contribution >= 4 is 26.6 Å². The molecule has 1 aromatic heterocycles. The van der Waals surface area contributed by atoms with Crippen LogP contribution < -0.4 is 10.6 Å². The van der Waals surface area contributed by atoms with Gasteiger partial charge in [-0.05, 0) is 18.6 Å². The van der Waals surface area contributed by atoms with E-state index in [1.165, 1.54) is 0 Å². The second-order valence-corrected chi connectivity index (χ2v) is 7.66. The first kappa shape index (κ1) is 14.3. The van der Waals surface area contributed by atoms with E-state index in [2.05, 4.69) is 11.0 Å². The lowest BCUT2D eigenvalue weighted by atomic mass is 10.1. The number of para-hydroxylation sites is 1. The largest absolute Gasteiger partial charge is 0.355 e. The molecule has 2 aromatic rings. The van der Waals surface area contributed by atoms with E-state index < -0.39 is 9.84 Å². The number of anilines is 1. The van der Waals surface area contributed by atoms with Crippen LogP contribution in [0.25, 0.3) is 10.9 Å². The van der Waals surface area contributed by atoms with Crippen molar-refractivity contribution in [2.24, 2.45) is 5.73 Å². The molecule has 1 saturated heterocycles. The van der Waals surface area contributed by atoms with E-state index in [-0.39, 0.29) is 11.5 Å². The first-order chi connectivity index (χ1) is 10.1. The van der Waals surface area contributed by atoms with Gasteiger partial charge in [0, 0.05) is 30.6 Å². The molecule has 1 fully saturated rings. The molecule has 0 aliphatic carbocycles. The van der Waals surface area contributed by atoms with Crippen LogP contribution in [-0.4, -0.2) is 38.0 Å². The zero-order valence-electron chi connectivity index (χ0n) is 11.8. The van der Waals surface area contributed by atoms with Crippen molar-refractivity contribution < 1.29 is 8.42 Å². The number of aromatic nitrogens is 1. The van der Waals surface area contributed by atoms with Crippen LogP contribution in [0.5, 0.6) is 0 Å². The first-order valence-electron chi connectivity index (χ1n) is 7.13. The van der Waals surface area contributed by atoms with Gasteiger partial charge < -0.3 is 10.6 Å². The molecule has 0 spiro atoms. The maximum Gasteiger partial charge on any atom is 0.152 e. The number of pyridine rings is 1. The Morgan fingerprint density at radius 3 is 2.81 bits per heavy atom. The number of nitrogens with zero attached hydrogens (tertiary/aromatic N) is 2. The highest BCUT2D eigenvalue weighted by atomic mass is 32.2. The van der Waals surface area contributed by atoms with Gasteiger partial charge in [-0.15, -0.1) is 0 Å². The maximum absolute atomic E-state index is 11.7. The first-order valence-corrected chi connectivity index (χ1v) is 8.95. The van der Waals surface area contributed by atoms with Gasteiger partial charge in [0.1, 0.15) is 5.82 Å². The Bertz CT molecular complexity index is 759. The summed E-state index contributed by atoms with van der Waals surface area (Å²) in [6, 6.07) is 9.96. The summed E-state index contributed by atoms with van der Waals surface area (Å²) in [5, 5.41) is 1.06. The lowest BCUT2D eigenvalue weighted by Crippen LogP contribution is -2.29. The Morgan fingerprint density at radius 2 is 2.00 bits per heavy atom. The van der Waals surface area contributed by atoms with Crippen LogP contribution >= 0.6 is 0 Å². The van der Waals surface area contributed by atoms with Crippen molar-refractivity contribution in [3.63, 3.8) is 0 Å². The third-order valence-electron chi connectivity index (χ3n) is 3.86. The molecule has 2 N–H and O–H groups in total. The summed E-state index contributed by atoms with van der Waals surface area (Å²) in [6.45, 7) is 1.59. The average Bonchev–Trinajstić information content (AvgIpc) is 2.66. The number of rotatable bonds is 2. The van der Waals surface area contributed by atoms with Gasteiger partial charge in [0.2, 0.25) is 0 Å². The highest BCUT2D eigenvalue weighted by Gasteiger charge is 2.21. The van der Waals surface area contributed by atoms with E-state index in [0.717, 1.165) is 22.3 Å². The van der Waals surface area contributed by atoms with Gasteiger partial charge in [0.15, 0.2) is 9.84 Å². The Balaban J connectivity index is 2.02. The molecule has 1 aromatic carbocycles. The number of benzene rings is 1. The molecule has 1 aliphatic rings. The van der Waals surface area contributed by atoms with E-state index in [1.807, 2.05) is 24.3 Å². The molecular formula is C15H19N3O2S. The molecule has 0 saturated carbocycles. The number of nitrogens with two attached hydrogens (primary N) is 1. The van der Waals surface area contributed by atoms with Gasteiger partial charge in [-0.1, -0.05) is 18.2 Å². The zero-order chi connectivity index (χ0) is 14.9. The van der Waals surface area contributed by atoms with Gasteiger partial charge in [0.25, 0.3) is 0 Å². The monoisotopic (exact) mass is 305 g/mol. The minimum atomic E-state index is -2.92. The molecule has 5 nitrogen and oxygen atoms in total. The maximum atomic E-state index is 11.7. The number of hydrogen-bond donors (Lipinski definition) is 1. The summed E-state index contributed by atoms with van der Waals surface area (Å²) in [7, 11) is -2.92. The van der Waals surface area contributed by atoms with Crippen molar-refractivity contribution in [3.05, 3.63) is 35.9 Å². The summed E-state index contributed by atoms with van der Waals surface area (Å²) in [5.41, 5.74) is 7.74. The Hall–Kier alpha value is -1.66. The minimum absolute atomic E-state index is 0.186. The molecule has 0 unspecified atom stereocenters. The van der Waals surface area contributed by atoms with Crippen LogP contribution in [-0.2, 0) is 16.4 Å². The lowest BCUT2D eigenvalue weighted by molar-refractivity contribution is 0.597. The highest BCUT2D eigenvalue weighted by Crippen LogP contribution is 2.24. The standard InChI is InChI=1S/C15H19N3O2S/c16-11-13-10-12-4-1-2-5-14(12)17-15(13)18-6-3-8-21(19,20)9-7-18/h1-2,4-5,10H,3,6-9,11,16H2. The second-order valence-electron chi connectivity index (χ2n) is 5.36. The minimum Gasteiger partial charge on any atom is -0.355 e. The molecule has 0 bridgehead atoms. The number of sulfone groups is 1. The van der Waals surface area contributed by atoms with E-state index in [9.17, 15) is 8.42 Å². The van der Waals surface area contributed by atoms with Crippen LogP contribution in [0, 0.1) is 0 Å². The number of hydrogen-bond acceptors (Lipinski definition) is 5. The second kappa shape index (κ2) is 5.61. The van der Waals surface area contributed by atoms with E-state index in [4.69, 9.17) is 10.7 Å². The number of fused-ring (bicyclic) bond motifs is 1. The average molecular weight is 305 g/mol. The van der Waals surface area contributed by atoms with Crippen molar-refractivity contribution in [3.8, 4) is 0 Å². The fourth-order valence-corrected chi connectivity index (χ4v) is 4.00. The van der Waals surface area contributed by atoms with Crippen LogP contribution in [0.1, 0.15) is 12.0 Å². The van der Waals surface area contributed by atoms with Gasteiger partial charge >= 0.3 is 0 Å². The molecule has 0 amide bonds. The predicted molar refractivity (Wildman–Crippen MR) is 85.1 cm³/mol. The van der Waals surface area contributed by atoms with Crippen molar-refractivity contribution in [2.45, 2.75) is 13.0 Å². The molecule has 3 rings (SSSR count). The van der Waals surface area contributed by atoms with Crippen molar-refractivity contribution in [1.82, 2.24) is 4.98 Å². The third-order valence-corrected chi connectivity index (χ3v) is 5.57. The fourth-order valence-electron chi connectivity index (χ4n) is 2.72. The van der Waals surface area contributed by atoms with E-state index in [1.54, 1.807) is 0 Å². The highest BCUT2D eigenvalue weighted by molar-refractivity contribution is 7.91. The molecule has 21 heavy (non-hydrogen) atoms. The van der Waals surface area contributed by atoms with Crippen LogP contribution in [0.4, 0.5) is 5.82 Å². The molecule has 112 valence electrons. The zero-order valence-corrected chi connectivity index (χ0v) is 12.6. The lowest BCUT2D eigenvalue weighted by Gasteiger charge is -2.24. The predicted octanol–water partition coefficient (Wildman–Crippen LogP) is 1.32. The SMILES string of the molecule is NCc1cc2ccccc2nc1N1CCCS(=O)(=O)CC1. The Kier molecular flexibility index (Phi) is 3.82. The molecule has 6 heteroatoms. The van der Waals surface area contributed by atoms with E-state index in [0.29, 0.717) is 26.1 Å². The van der Waals surface area contributed by atoms with Gasteiger partial charge in [-0.2, -0.15) is 0 Å².